The molecule has 0 N–H and O–H groups in total. The van der Waals surface area contributed by atoms with Gasteiger partial charge >= 0.3 is 0 Å². The van der Waals surface area contributed by atoms with E-state index in [4.69, 9.17) is 9.47 Å². The number of hydrogen-bond donors (Lipinski definition) is 0. The van der Waals surface area contributed by atoms with Crippen LogP contribution in [0, 0.1) is 11.3 Å². The Kier molecular flexibility index (Phi) is 4.82. The van der Waals surface area contributed by atoms with Gasteiger partial charge in [0.1, 0.15) is 6.61 Å². The number of nitrogens with zero attached hydrogens (tertiary/aromatic N) is 2. The number of fused-ring (bicyclic) bond motifs is 1. The van der Waals surface area contributed by atoms with Crippen molar-refractivity contribution in [2.24, 2.45) is 11.3 Å². The Morgan fingerprint density at radius 1 is 1.59 bits per heavy atom. The highest BCUT2D eigenvalue weighted by atomic mass is 32.1. The molecule has 6 heteroatoms. The third kappa shape index (κ3) is 3.35. The fraction of sp³-hybridized carbons (Fsp3) is 0.688. The minimum absolute atomic E-state index is 0.0142. The van der Waals surface area contributed by atoms with E-state index in [9.17, 15) is 4.79 Å². The summed E-state index contributed by atoms with van der Waals surface area (Å²) in [7, 11) is 3.51. The summed E-state index contributed by atoms with van der Waals surface area (Å²) in [4.78, 5) is 17.1. The van der Waals surface area contributed by atoms with Crippen LogP contribution in [0.4, 0.5) is 0 Å². The molecule has 0 unspecified atom stereocenters. The van der Waals surface area contributed by atoms with Crippen LogP contribution in [0.2, 0.25) is 0 Å². The van der Waals surface area contributed by atoms with Gasteiger partial charge in [-0.2, -0.15) is 0 Å². The van der Waals surface area contributed by atoms with E-state index in [1.54, 1.807) is 19.0 Å². The Hall–Kier alpha value is -0.950. The molecule has 3 rings (SSSR count). The largest absolute Gasteiger partial charge is 0.380 e. The first-order chi connectivity index (χ1) is 10.6. The van der Waals surface area contributed by atoms with Gasteiger partial charge in [0, 0.05) is 49.9 Å². The molecule has 0 aliphatic carbocycles. The summed E-state index contributed by atoms with van der Waals surface area (Å²) in [5.74, 6) is 0.530. The highest BCUT2D eigenvalue weighted by molar-refractivity contribution is 7.09. The molecule has 0 spiro atoms. The van der Waals surface area contributed by atoms with Gasteiger partial charge in [0.15, 0.2) is 0 Å². The lowest BCUT2D eigenvalue weighted by Gasteiger charge is -2.27. The van der Waals surface area contributed by atoms with Gasteiger partial charge < -0.3 is 14.4 Å². The van der Waals surface area contributed by atoms with Gasteiger partial charge in [0.2, 0.25) is 5.91 Å². The van der Waals surface area contributed by atoms with Crippen LogP contribution >= 0.6 is 11.3 Å². The predicted molar refractivity (Wildman–Crippen MR) is 85.9 cm³/mol. The number of carbonyl (C=O) groups excluding carboxylic acids is 1. The number of rotatable bonds is 6. The number of amides is 1. The van der Waals surface area contributed by atoms with Gasteiger partial charge in [0.25, 0.3) is 0 Å². The minimum Gasteiger partial charge on any atom is -0.380 e. The van der Waals surface area contributed by atoms with Crippen molar-refractivity contribution in [2.75, 3.05) is 53.6 Å². The second kappa shape index (κ2) is 6.66. The molecule has 2 aliphatic rings. The minimum atomic E-state index is 0.0142. The van der Waals surface area contributed by atoms with E-state index in [1.165, 1.54) is 4.88 Å². The van der Waals surface area contributed by atoms with Gasteiger partial charge in [-0.1, -0.05) is 6.07 Å². The average Bonchev–Trinajstić information content (AvgIpc) is 3.15. The number of thiophene rings is 1. The zero-order valence-electron chi connectivity index (χ0n) is 13.3. The first kappa shape index (κ1) is 15.9. The van der Waals surface area contributed by atoms with Gasteiger partial charge in [-0.15, -0.1) is 11.3 Å². The molecule has 1 aromatic rings. The number of hydrogen-bond acceptors (Lipinski definition) is 5. The van der Waals surface area contributed by atoms with E-state index in [0.717, 1.165) is 32.8 Å². The molecule has 122 valence electrons. The summed E-state index contributed by atoms with van der Waals surface area (Å²) in [6, 6.07) is 4.29. The predicted octanol–water partition coefficient (Wildman–Crippen LogP) is 1.30. The lowest BCUT2D eigenvalue weighted by Crippen LogP contribution is -2.37. The van der Waals surface area contributed by atoms with E-state index in [1.807, 2.05) is 11.3 Å². The van der Waals surface area contributed by atoms with Crippen molar-refractivity contribution in [3.05, 3.63) is 22.4 Å². The molecule has 22 heavy (non-hydrogen) atoms. The fourth-order valence-electron chi connectivity index (χ4n) is 3.36. The van der Waals surface area contributed by atoms with Crippen LogP contribution in [0.15, 0.2) is 17.5 Å². The number of likely N-dealkylation sites (tertiary alicyclic amines) is 1. The Bertz CT molecular complexity index is 505. The average molecular weight is 324 g/mol. The van der Waals surface area contributed by atoms with Crippen LogP contribution in [-0.4, -0.2) is 69.3 Å². The molecule has 0 saturated carbocycles. The molecule has 3 heterocycles. The van der Waals surface area contributed by atoms with Crippen molar-refractivity contribution in [1.82, 2.24) is 9.80 Å². The summed E-state index contributed by atoms with van der Waals surface area (Å²) in [5, 5.41) is 2.13. The van der Waals surface area contributed by atoms with Crippen molar-refractivity contribution in [3.63, 3.8) is 0 Å². The van der Waals surface area contributed by atoms with Crippen LogP contribution in [0.3, 0.4) is 0 Å². The maximum absolute atomic E-state index is 11.6. The SMILES string of the molecule is CN(C)C(=O)COC[C@]12COC[C@H]1CN(Cc1cccs1)C2. The third-order valence-corrected chi connectivity index (χ3v) is 5.53. The molecule has 0 radical (unpaired) electrons. The maximum atomic E-state index is 11.6. The van der Waals surface area contributed by atoms with Crippen molar-refractivity contribution >= 4 is 17.2 Å². The lowest BCUT2D eigenvalue weighted by atomic mass is 9.82. The molecular weight excluding hydrogens is 300 g/mol. The molecular formula is C16H24N2O3S. The van der Waals surface area contributed by atoms with Gasteiger partial charge in [-0.05, 0) is 11.4 Å². The van der Waals surface area contributed by atoms with Crippen molar-refractivity contribution in [2.45, 2.75) is 6.54 Å². The normalized spacial score (nSPS) is 28.0. The summed E-state index contributed by atoms with van der Waals surface area (Å²) < 4.78 is 11.4. The van der Waals surface area contributed by atoms with E-state index < -0.39 is 0 Å². The first-order valence-electron chi connectivity index (χ1n) is 7.69. The smallest absolute Gasteiger partial charge is 0.248 e. The number of carbonyl (C=O) groups is 1. The number of likely N-dealkylation sites (N-methyl/N-ethyl adjacent to an activating group) is 1. The molecule has 1 aromatic heterocycles. The van der Waals surface area contributed by atoms with Crippen LogP contribution in [0.5, 0.6) is 0 Å². The van der Waals surface area contributed by atoms with Crippen LogP contribution in [0.1, 0.15) is 4.88 Å². The summed E-state index contributed by atoms with van der Waals surface area (Å²) in [6.45, 7) is 5.38. The second-order valence-corrected chi connectivity index (χ2v) is 7.64. The molecule has 2 saturated heterocycles. The zero-order chi connectivity index (χ0) is 15.6. The van der Waals surface area contributed by atoms with Crippen LogP contribution < -0.4 is 0 Å². The Morgan fingerprint density at radius 3 is 3.18 bits per heavy atom. The quantitative estimate of drug-likeness (QED) is 0.791. The van der Waals surface area contributed by atoms with Gasteiger partial charge in [0.05, 0.1) is 19.8 Å². The molecule has 0 bridgehead atoms. The standard InChI is InChI=1S/C16H24N2O3S/c1-17(2)15(19)9-21-12-16-10-18(6-13(16)8-20-11-16)7-14-4-3-5-22-14/h3-5,13H,6-12H2,1-2H3/t13-,16+/m1/s1. The third-order valence-electron chi connectivity index (χ3n) is 4.67. The van der Waals surface area contributed by atoms with Gasteiger partial charge in [-0.25, -0.2) is 0 Å². The van der Waals surface area contributed by atoms with E-state index in [0.29, 0.717) is 12.5 Å². The van der Waals surface area contributed by atoms with E-state index >= 15 is 0 Å². The maximum Gasteiger partial charge on any atom is 0.248 e. The molecule has 2 fully saturated rings. The second-order valence-electron chi connectivity index (χ2n) is 6.60. The Labute approximate surface area is 135 Å². The Morgan fingerprint density at radius 2 is 2.45 bits per heavy atom. The summed E-state index contributed by atoms with van der Waals surface area (Å²) in [6.07, 6.45) is 0. The Balaban J connectivity index is 1.55. The van der Waals surface area contributed by atoms with E-state index in [2.05, 4.69) is 22.4 Å². The molecule has 0 aromatic carbocycles. The monoisotopic (exact) mass is 324 g/mol. The highest BCUT2D eigenvalue weighted by Crippen LogP contribution is 2.42. The van der Waals surface area contributed by atoms with Crippen molar-refractivity contribution in [3.8, 4) is 0 Å². The van der Waals surface area contributed by atoms with Crippen LogP contribution in [-0.2, 0) is 20.8 Å². The highest BCUT2D eigenvalue weighted by Gasteiger charge is 2.50. The van der Waals surface area contributed by atoms with Crippen molar-refractivity contribution in [1.29, 1.82) is 0 Å². The topological polar surface area (TPSA) is 42.0 Å². The zero-order valence-corrected chi connectivity index (χ0v) is 14.1. The van der Waals surface area contributed by atoms with E-state index in [-0.39, 0.29) is 17.9 Å². The number of ether oxygens (including phenoxy) is 2. The molecule has 2 atom stereocenters. The first-order valence-corrected chi connectivity index (χ1v) is 8.57. The summed E-state index contributed by atoms with van der Waals surface area (Å²) in [5.41, 5.74) is 0.0594. The molecule has 5 nitrogen and oxygen atoms in total. The van der Waals surface area contributed by atoms with Crippen LogP contribution in [0.25, 0.3) is 0 Å². The lowest BCUT2D eigenvalue weighted by molar-refractivity contribution is -0.135. The molecule has 2 aliphatic heterocycles. The van der Waals surface area contributed by atoms with Gasteiger partial charge in [-0.3, -0.25) is 9.69 Å². The van der Waals surface area contributed by atoms with Crippen molar-refractivity contribution < 1.29 is 14.3 Å². The summed E-state index contributed by atoms with van der Waals surface area (Å²) >= 11 is 1.81. The fourth-order valence-corrected chi connectivity index (χ4v) is 4.11. The molecule has 1 amide bonds.